The SMILES string of the molecule is Cc1ccc(NCCC(=O)OCc2ccc(Cl)cc2)cc1. The van der Waals surface area contributed by atoms with Crippen LogP contribution in [0, 0.1) is 6.92 Å². The first-order valence-electron chi connectivity index (χ1n) is 6.84. The van der Waals surface area contributed by atoms with Crippen LogP contribution in [0.5, 0.6) is 0 Å². The number of carbonyl (C=O) groups is 1. The summed E-state index contributed by atoms with van der Waals surface area (Å²) < 4.78 is 5.20. The number of carbonyl (C=O) groups excluding carboxylic acids is 1. The number of rotatable bonds is 6. The molecule has 0 atom stereocenters. The third-order valence-corrected chi connectivity index (χ3v) is 3.27. The van der Waals surface area contributed by atoms with Crippen LogP contribution in [-0.2, 0) is 16.1 Å². The highest BCUT2D eigenvalue weighted by Crippen LogP contribution is 2.11. The zero-order valence-electron chi connectivity index (χ0n) is 11.9. The van der Waals surface area contributed by atoms with Crippen molar-refractivity contribution < 1.29 is 9.53 Å². The molecule has 1 N–H and O–H groups in total. The summed E-state index contributed by atoms with van der Waals surface area (Å²) in [5.41, 5.74) is 3.15. The third-order valence-electron chi connectivity index (χ3n) is 3.02. The third kappa shape index (κ3) is 5.48. The summed E-state index contributed by atoms with van der Waals surface area (Å²) in [6, 6.07) is 15.3. The summed E-state index contributed by atoms with van der Waals surface area (Å²) in [5.74, 6) is -0.218. The summed E-state index contributed by atoms with van der Waals surface area (Å²) >= 11 is 5.79. The minimum absolute atomic E-state index is 0.218. The average Bonchev–Trinajstić information content (AvgIpc) is 2.49. The lowest BCUT2D eigenvalue weighted by Crippen LogP contribution is -2.11. The molecule has 0 aliphatic rings. The lowest BCUT2D eigenvalue weighted by Gasteiger charge is -2.07. The minimum atomic E-state index is -0.218. The van der Waals surface area contributed by atoms with Gasteiger partial charge in [-0.2, -0.15) is 0 Å². The highest BCUT2D eigenvalue weighted by Gasteiger charge is 2.03. The summed E-state index contributed by atoms with van der Waals surface area (Å²) in [6.45, 7) is 2.88. The van der Waals surface area contributed by atoms with Gasteiger partial charge >= 0.3 is 5.97 Å². The second kappa shape index (κ2) is 7.70. The zero-order chi connectivity index (χ0) is 15.1. The first-order valence-corrected chi connectivity index (χ1v) is 7.22. The lowest BCUT2D eigenvalue weighted by atomic mass is 10.2. The Kier molecular flexibility index (Phi) is 5.64. The topological polar surface area (TPSA) is 38.3 Å². The van der Waals surface area contributed by atoms with E-state index >= 15 is 0 Å². The molecular formula is C17H18ClNO2. The maximum Gasteiger partial charge on any atom is 0.307 e. The molecule has 110 valence electrons. The molecule has 2 aromatic rings. The summed E-state index contributed by atoms with van der Waals surface area (Å²) in [6.07, 6.45) is 0.335. The number of anilines is 1. The van der Waals surface area contributed by atoms with E-state index in [0.29, 0.717) is 18.0 Å². The van der Waals surface area contributed by atoms with E-state index in [2.05, 4.69) is 5.32 Å². The molecule has 0 bridgehead atoms. The summed E-state index contributed by atoms with van der Waals surface area (Å²) in [5, 5.41) is 3.86. The van der Waals surface area contributed by atoms with Crippen molar-refractivity contribution in [3.05, 3.63) is 64.7 Å². The van der Waals surface area contributed by atoms with E-state index < -0.39 is 0 Å². The molecule has 4 heteroatoms. The van der Waals surface area contributed by atoms with Gasteiger partial charge in [0, 0.05) is 17.3 Å². The Morgan fingerprint density at radius 3 is 2.43 bits per heavy atom. The molecule has 0 heterocycles. The van der Waals surface area contributed by atoms with Gasteiger partial charge in [0.1, 0.15) is 6.61 Å². The van der Waals surface area contributed by atoms with E-state index in [0.717, 1.165) is 11.3 Å². The van der Waals surface area contributed by atoms with Crippen LogP contribution in [-0.4, -0.2) is 12.5 Å². The van der Waals surface area contributed by atoms with Gasteiger partial charge in [-0.1, -0.05) is 41.4 Å². The van der Waals surface area contributed by atoms with Gasteiger partial charge in [-0.25, -0.2) is 0 Å². The van der Waals surface area contributed by atoms with E-state index in [4.69, 9.17) is 16.3 Å². The Labute approximate surface area is 129 Å². The molecule has 0 radical (unpaired) electrons. The van der Waals surface area contributed by atoms with E-state index in [-0.39, 0.29) is 12.6 Å². The van der Waals surface area contributed by atoms with Crippen molar-refractivity contribution in [2.24, 2.45) is 0 Å². The zero-order valence-corrected chi connectivity index (χ0v) is 12.7. The first-order chi connectivity index (χ1) is 10.1. The van der Waals surface area contributed by atoms with Gasteiger partial charge in [0.25, 0.3) is 0 Å². The average molecular weight is 304 g/mol. The number of halogens is 1. The van der Waals surface area contributed by atoms with Crippen LogP contribution in [0.3, 0.4) is 0 Å². The maximum absolute atomic E-state index is 11.6. The van der Waals surface area contributed by atoms with Crippen molar-refractivity contribution in [3.63, 3.8) is 0 Å². The minimum Gasteiger partial charge on any atom is -0.461 e. The number of aryl methyl sites for hydroxylation is 1. The Hall–Kier alpha value is -2.00. The second-order valence-electron chi connectivity index (χ2n) is 4.83. The number of esters is 1. The summed E-state index contributed by atoms with van der Waals surface area (Å²) in [4.78, 5) is 11.6. The van der Waals surface area contributed by atoms with Gasteiger partial charge in [0.2, 0.25) is 0 Å². The predicted molar refractivity (Wildman–Crippen MR) is 85.5 cm³/mol. The molecule has 21 heavy (non-hydrogen) atoms. The molecule has 0 aliphatic carbocycles. The summed E-state index contributed by atoms with van der Waals surface area (Å²) in [7, 11) is 0. The van der Waals surface area contributed by atoms with Gasteiger partial charge in [-0.05, 0) is 36.8 Å². The molecule has 0 aliphatic heterocycles. The van der Waals surface area contributed by atoms with Crippen molar-refractivity contribution in [3.8, 4) is 0 Å². The van der Waals surface area contributed by atoms with Crippen LogP contribution in [0.2, 0.25) is 5.02 Å². The van der Waals surface area contributed by atoms with Crippen LogP contribution >= 0.6 is 11.6 Å². The molecule has 0 saturated heterocycles. The number of hydrogen-bond donors (Lipinski definition) is 1. The predicted octanol–water partition coefficient (Wildman–Crippen LogP) is 4.19. The number of ether oxygens (including phenoxy) is 1. The van der Waals surface area contributed by atoms with Crippen LogP contribution in [0.15, 0.2) is 48.5 Å². The van der Waals surface area contributed by atoms with E-state index in [1.165, 1.54) is 5.56 Å². The van der Waals surface area contributed by atoms with Crippen LogP contribution < -0.4 is 5.32 Å². The fourth-order valence-corrected chi connectivity index (χ4v) is 1.92. The molecular weight excluding hydrogens is 286 g/mol. The van der Waals surface area contributed by atoms with Gasteiger partial charge < -0.3 is 10.1 Å². The molecule has 0 spiro atoms. The van der Waals surface area contributed by atoms with Gasteiger partial charge in [0.15, 0.2) is 0 Å². The molecule has 3 nitrogen and oxygen atoms in total. The maximum atomic E-state index is 11.6. The van der Waals surface area contributed by atoms with Crippen molar-refractivity contribution in [2.45, 2.75) is 20.0 Å². The first kappa shape index (κ1) is 15.4. The normalized spacial score (nSPS) is 10.2. The van der Waals surface area contributed by atoms with Crippen molar-refractivity contribution >= 4 is 23.3 Å². The van der Waals surface area contributed by atoms with Crippen molar-refractivity contribution in [1.82, 2.24) is 0 Å². The molecule has 0 unspecified atom stereocenters. The molecule has 2 aromatic carbocycles. The number of nitrogens with one attached hydrogen (secondary N) is 1. The Bertz CT molecular complexity index is 579. The Balaban J connectivity index is 1.67. The van der Waals surface area contributed by atoms with Crippen LogP contribution in [0.1, 0.15) is 17.5 Å². The smallest absolute Gasteiger partial charge is 0.307 e. The Morgan fingerprint density at radius 2 is 1.76 bits per heavy atom. The van der Waals surface area contributed by atoms with E-state index in [1.54, 1.807) is 12.1 Å². The van der Waals surface area contributed by atoms with Crippen molar-refractivity contribution in [1.29, 1.82) is 0 Å². The van der Waals surface area contributed by atoms with E-state index in [9.17, 15) is 4.79 Å². The fourth-order valence-electron chi connectivity index (χ4n) is 1.80. The largest absolute Gasteiger partial charge is 0.461 e. The fraction of sp³-hybridized carbons (Fsp3) is 0.235. The van der Waals surface area contributed by atoms with Crippen molar-refractivity contribution in [2.75, 3.05) is 11.9 Å². The molecule has 0 aromatic heterocycles. The molecule has 0 saturated carbocycles. The Morgan fingerprint density at radius 1 is 1.10 bits per heavy atom. The van der Waals surface area contributed by atoms with Gasteiger partial charge in [-0.15, -0.1) is 0 Å². The second-order valence-corrected chi connectivity index (χ2v) is 5.27. The highest BCUT2D eigenvalue weighted by molar-refractivity contribution is 6.30. The van der Waals surface area contributed by atoms with Gasteiger partial charge in [0.05, 0.1) is 6.42 Å². The molecule has 2 rings (SSSR count). The molecule has 0 fully saturated rings. The van der Waals surface area contributed by atoms with E-state index in [1.807, 2.05) is 43.3 Å². The standard InChI is InChI=1S/C17H18ClNO2/c1-13-2-8-16(9-3-13)19-11-10-17(20)21-12-14-4-6-15(18)7-5-14/h2-9,19H,10-12H2,1H3. The lowest BCUT2D eigenvalue weighted by molar-refractivity contribution is -0.144. The van der Waals surface area contributed by atoms with Gasteiger partial charge in [-0.3, -0.25) is 4.79 Å². The number of hydrogen-bond acceptors (Lipinski definition) is 3. The number of benzene rings is 2. The highest BCUT2D eigenvalue weighted by atomic mass is 35.5. The van der Waals surface area contributed by atoms with Crippen LogP contribution in [0.25, 0.3) is 0 Å². The monoisotopic (exact) mass is 303 g/mol. The molecule has 0 amide bonds. The quantitative estimate of drug-likeness (QED) is 0.813. The van der Waals surface area contributed by atoms with Crippen LogP contribution in [0.4, 0.5) is 5.69 Å².